The number of aliphatic hydroxyl groups is 1. The molecule has 0 spiro atoms. The zero-order valence-electron chi connectivity index (χ0n) is 15.6. The molecule has 4 rings (SSSR count). The summed E-state index contributed by atoms with van der Waals surface area (Å²) < 4.78 is 0. The van der Waals surface area contributed by atoms with Crippen molar-refractivity contribution in [1.82, 2.24) is 0 Å². The van der Waals surface area contributed by atoms with E-state index in [1.54, 1.807) is 6.08 Å². The number of ketones is 1. The molecule has 0 bridgehead atoms. The van der Waals surface area contributed by atoms with Crippen LogP contribution in [0.25, 0.3) is 0 Å². The maximum absolute atomic E-state index is 11.9. The average Bonchev–Trinajstić information content (AvgIpc) is 2.84. The first kappa shape index (κ1) is 17.1. The molecule has 0 amide bonds. The molecule has 134 valence electrons. The summed E-state index contributed by atoms with van der Waals surface area (Å²) >= 11 is 0. The van der Waals surface area contributed by atoms with E-state index in [4.69, 9.17) is 0 Å². The lowest BCUT2D eigenvalue weighted by molar-refractivity contribution is -0.117. The lowest BCUT2D eigenvalue weighted by atomic mass is 9.48. The molecular formula is C23H30O2. The van der Waals surface area contributed by atoms with Crippen LogP contribution in [0.2, 0.25) is 0 Å². The Balaban J connectivity index is 1.68. The van der Waals surface area contributed by atoms with Gasteiger partial charge in [-0.05, 0) is 80.3 Å². The quantitative estimate of drug-likeness (QED) is 0.669. The van der Waals surface area contributed by atoms with Gasteiger partial charge in [-0.25, -0.2) is 0 Å². The summed E-state index contributed by atoms with van der Waals surface area (Å²) in [5.41, 5.74) is 0.451. The van der Waals surface area contributed by atoms with Crippen LogP contribution in [0.3, 0.4) is 0 Å². The van der Waals surface area contributed by atoms with Gasteiger partial charge in [0.05, 0.1) is 0 Å². The van der Waals surface area contributed by atoms with E-state index in [-0.39, 0.29) is 5.41 Å². The van der Waals surface area contributed by atoms with Gasteiger partial charge in [0.25, 0.3) is 0 Å². The molecule has 2 heteroatoms. The van der Waals surface area contributed by atoms with Gasteiger partial charge in [0.1, 0.15) is 5.60 Å². The third-order valence-electron chi connectivity index (χ3n) is 8.17. The topological polar surface area (TPSA) is 37.3 Å². The average molecular weight is 338 g/mol. The Morgan fingerprint density at radius 2 is 2.12 bits per heavy atom. The van der Waals surface area contributed by atoms with E-state index in [1.807, 2.05) is 6.08 Å². The molecule has 0 aromatic carbocycles. The van der Waals surface area contributed by atoms with Gasteiger partial charge >= 0.3 is 0 Å². The minimum Gasteiger partial charge on any atom is -0.377 e. The molecule has 0 radical (unpaired) electrons. The van der Waals surface area contributed by atoms with E-state index in [9.17, 15) is 9.90 Å². The normalized spacial score (nSPS) is 48.4. The molecule has 0 aliphatic heterocycles. The zero-order chi connectivity index (χ0) is 17.8. The highest BCUT2D eigenvalue weighted by atomic mass is 16.3. The number of hydrogen-bond acceptors (Lipinski definition) is 2. The van der Waals surface area contributed by atoms with E-state index in [2.05, 4.69) is 32.3 Å². The number of rotatable bonds is 0. The second-order valence-electron chi connectivity index (χ2n) is 9.19. The lowest BCUT2D eigenvalue weighted by Crippen LogP contribution is -2.54. The predicted octanol–water partition coefficient (Wildman–Crippen LogP) is 4.29. The smallest absolute Gasteiger partial charge is 0.155 e. The van der Waals surface area contributed by atoms with Crippen molar-refractivity contribution in [2.24, 2.45) is 35.0 Å². The molecule has 25 heavy (non-hydrogen) atoms. The van der Waals surface area contributed by atoms with Gasteiger partial charge in [-0.15, -0.1) is 0 Å². The fourth-order valence-electron chi connectivity index (χ4n) is 6.98. The van der Waals surface area contributed by atoms with Crippen molar-refractivity contribution in [3.8, 4) is 11.8 Å². The van der Waals surface area contributed by atoms with Crippen LogP contribution in [-0.4, -0.2) is 16.5 Å². The summed E-state index contributed by atoms with van der Waals surface area (Å²) in [6, 6.07) is 0. The first-order valence-corrected chi connectivity index (χ1v) is 9.99. The van der Waals surface area contributed by atoms with Gasteiger partial charge in [-0.1, -0.05) is 37.8 Å². The molecule has 7 atom stereocenters. The summed E-state index contributed by atoms with van der Waals surface area (Å²) in [5.74, 6) is 9.52. The van der Waals surface area contributed by atoms with Gasteiger partial charge in [-0.2, -0.15) is 0 Å². The van der Waals surface area contributed by atoms with Crippen molar-refractivity contribution >= 4 is 5.78 Å². The van der Waals surface area contributed by atoms with Crippen LogP contribution < -0.4 is 0 Å². The third kappa shape index (κ3) is 2.39. The van der Waals surface area contributed by atoms with E-state index >= 15 is 0 Å². The molecule has 5 unspecified atom stereocenters. The van der Waals surface area contributed by atoms with Gasteiger partial charge in [0.2, 0.25) is 0 Å². The third-order valence-corrected chi connectivity index (χ3v) is 8.17. The molecule has 3 fully saturated rings. The van der Waals surface area contributed by atoms with E-state index < -0.39 is 5.60 Å². The van der Waals surface area contributed by atoms with Crippen LogP contribution in [0.15, 0.2) is 24.3 Å². The second kappa shape index (κ2) is 5.85. The standard InChI is InChI=1S/C23H30O2/c1-4-5-10-23(25)12-9-20-21-15(2)13-16-14-17(24)6-7-18(16)19(21)8-11-22(20,23)3/h4,14-15,18-21,25H,1,6-9,11-13H2,2-3H3/t15?,18?,19?,20?,21?,22-,23-/m0/s1. The summed E-state index contributed by atoms with van der Waals surface area (Å²) in [6.07, 6.45) is 10.5. The Hall–Kier alpha value is -1.33. The minimum atomic E-state index is -0.866. The van der Waals surface area contributed by atoms with Crippen molar-refractivity contribution < 1.29 is 9.90 Å². The lowest BCUT2D eigenvalue weighted by Gasteiger charge is -2.56. The highest BCUT2D eigenvalue weighted by Crippen LogP contribution is 2.65. The Labute approximate surface area is 151 Å². The fraction of sp³-hybridized carbons (Fsp3) is 0.696. The highest BCUT2D eigenvalue weighted by molar-refractivity contribution is 5.91. The van der Waals surface area contributed by atoms with E-state index in [0.717, 1.165) is 44.9 Å². The molecule has 0 aromatic heterocycles. The zero-order valence-corrected chi connectivity index (χ0v) is 15.6. The van der Waals surface area contributed by atoms with Gasteiger partial charge in [-0.3, -0.25) is 4.79 Å². The van der Waals surface area contributed by atoms with Crippen molar-refractivity contribution in [2.75, 3.05) is 0 Å². The first-order chi connectivity index (χ1) is 11.9. The number of carbonyl (C=O) groups excluding carboxylic acids is 1. The van der Waals surface area contributed by atoms with E-state index in [1.165, 1.54) is 5.57 Å². The Kier molecular flexibility index (Phi) is 4.00. The van der Waals surface area contributed by atoms with Gasteiger partial charge < -0.3 is 5.11 Å². The van der Waals surface area contributed by atoms with Crippen LogP contribution in [0.5, 0.6) is 0 Å². The maximum atomic E-state index is 11.9. The molecule has 4 aliphatic rings. The van der Waals surface area contributed by atoms with E-state index in [0.29, 0.717) is 35.4 Å². The number of carbonyl (C=O) groups is 1. The van der Waals surface area contributed by atoms with Gasteiger partial charge in [0, 0.05) is 11.8 Å². The number of hydrogen-bond donors (Lipinski definition) is 1. The molecule has 3 saturated carbocycles. The molecular weight excluding hydrogens is 308 g/mol. The van der Waals surface area contributed by atoms with Crippen molar-refractivity contribution in [2.45, 2.75) is 64.4 Å². The molecule has 1 N–H and O–H groups in total. The predicted molar refractivity (Wildman–Crippen MR) is 99.6 cm³/mol. The Morgan fingerprint density at radius 1 is 1.32 bits per heavy atom. The molecule has 0 heterocycles. The van der Waals surface area contributed by atoms with Crippen LogP contribution in [-0.2, 0) is 4.79 Å². The molecule has 4 aliphatic carbocycles. The van der Waals surface area contributed by atoms with Gasteiger partial charge in [0.15, 0.2) is 5.78 Å². The van der Waals surface area contributed by atoms with Crippen LogP contribution in [0.4, 0.5) is 0 Å². The maximum Gasteiger partial charge on any atom is 0.155 e. The summed E-state index contributed by atoms with van der Waals surface area (Å²) in [4.78, 5) is 11.9. The summed E-state index contributed by atoms with van der Waals surface area (Å²) in [5, 5.41) is 11.3. The SMILES string of the molecule is C=CC#C[C@]1(O)CCC2C3C(C)CC4=CC(=O)CCC4C3CC[C@@]21C. The summed E-state index contributed by atoms with van der Waals surface area (Å²) in [6.45, 7) is 8.34. The molecule has 2 nitrogen and oxygen atoms in total. The minimum absolute atomic E-state index is 0.107. The van der Waals surface area contributed by atoms with Crippen LogP contribution in [0, 0.1) is 46.8 Å². The summed E-state index contributed by atoms with van der Waals surface area (Å²) in [7, 11) is 0. The Morgan fingerprint density at radius 3 is 2.88 bits per heavy atom. The van der Waals surface area contributed by atoms with Crippen molar-refractivity contribution in [1.29, 1.82) is 0 Å². The second-order valence-corrected chi connectivity index (χ2v) is 9.19. The van der Waals surface area contributed by atoms with Crippen LogP contribution >= 0.6 is 0 Å². The largest absolute Gasteiger partial charge is 0.377 e. The molecule has 0 saturated heterocycles. The molecule has 0 aromatic rings. The van der Waals surface area contributed by atoms with Crippen molar-refractivity contribution in [3.63, 3.8) is 0 Å². The number of allylic oxidation sites excluding steroid dienone is 2. The van der Waals surface area contributed by atoms with Crippen molar-refractivity contribution in [3.05, 3.63) is 24.3 Å². The Bertz CT molecular complexity index is 693. The highest BCUT2D eigenvalue weighted by Gasteiger charge is 2.63. The van der Waals surface area contributed by atoms with Crippen LogP contribution in [0.1, 0.15) is 58.8 Å². The number of fused-ring (bicyclic) bond motifs is 5. The fourth-order valence-corrected chi connectivity index (χ4v) is 6.98. The monoisotopic (exact) mass is 338 g/mol. The first-order valence-electron chi connectivity index (χ1n) is 9.99.